The molecule has 0 saturated carbocycles. The SMILES string of the molecule is CC(C)(C)COP(=S)([S-])OCC(C)(C)C.CC[NH+](CC)CC. The molecule has 0 radical (unpaired) electrons. The highest BCUT2D eigenvalue weighted by Crippen LogP contribution is 2.48. The smallest absolute Gasteiger partial charge is 0.0742 e. The van der Waals surface area contributed by atoms with E-state index in [9.17, 15) is 0 Å². The van der Waals surface area contributed by atoms with Crippen molar-refractivity contribution in [2.24, 2.45) is 10.8 Å². The Morgan fingerprint density at radius 2 is 1.09 bits per heavy atom. The summed E-state index contributed by atoms with van der Waals surface area (Å²) >= 11 is 10.3. The first-order valence-electron chi connectivity index (χ1n) is 8.20. The molecule has 0 spiro atoms. The van der Waals surface area contributed by atoms with Crippen molar-refractivity contribution in [2.45, 2.75) is 62.3 Å². The van der Waals surface area contributed by atoms with Crippen LogP contribution in [0.3, 0.4) is 0 Å². The van der Waals surface area contributed by atoms with Gasteiger partial charge in [0.2, 0.25) is 0 Å². The molecule has 136 valence electrons. The van der Waals surface area contributed by atoms with Crippen LogP contribution in [-0.4, -0.2) is 32.8 Å². The fourth-order valence-corrected chi connectivity index (χ4v) is 3.13. The van der Waals surface area contributed by atoms with Gasteiger partial charge in [0, 0.05) is 0 Å². The largest absolute Gasteiger partial charge is 0.691 e. The Kier molecular flexibility index (Phi) is 13.1. The molecule has 0 aliphatic carbocycles. The predicted octanol–water partition coefficient (Wildman–Crippen LogP) is 3.81. The summed E-state index contributed by atoms with van der Waals surface area (Å²) in [5, 5.41) is 0. The topological polar surface area (TPSA) is 22.9 Å². The standard InChI is InChI=1S/C10H23O2PS2.C6H15N/c1-9(2,3)7-11-13(14,15)12-8-10(4,5)6;1-4-7(5-2)6-3/h7-8H2,1-6H3,(H,14,15);4-6H2,1-3H3. The lowest BCUT2D eigenvalue weighted by Gasteiger charge is -2.34. The molecule has 0 atom stereocenters. The van der Waals surface area contributed by atoms with Crippen molar-refractivity contribution in [3.05, 3.63) is 0 Å². The van der Waals surface area contributed by atoms with E-state index < -0.39 is 5.69 Å². The van der Waals surface area contributed by atoms with Gasteiger partial charge in [-0.25, -0.2) is 0 Å². The Morgan fingerprint density at radius 3 is 1.23 bits per heavy atom. The van der Waals surface area contributed by atoms with Crippen LogP contribution < -0.4 is 4.90 Å². The zero-order valence-corrected chi connectivity index (χ0v) is 18.6. The first-order chi connectivity index (χ1) is 9.76. The van der Waals surface area contributed by atoms with Gasteiger partial charge in [0.15, 0.2) is 0 Å². The molecule has 0 saturated heterocycles. The highest BCUT2D eigenvalue weighted by Gasteiger charge is 2.16. The van der Waals surface area contributed by atoms with Crippen molar-refractivity contribution in [3.8, 4) is 0 Å². The van der Waals surface area contributed by atoms with Gasteiger partial charge in [-0.1, -0.05) is 53.3 Å². The van der Waals surface area contributed by atoms with Crippen LogP contribution in [0.15, 0.2) is 0 Å². The summed E-state index contributed by atoms with van der Waals surface area (Å²) in [6.45, 7) is 24.1. The maximum atomic E-state index is 5.51. The lowest BCUT2D eigenvalue weighted by molar-refractivity contribution is -0.894. The second-order valence-corrected chi connectivity index (χ2v) is 12.9. The van der Waals surface area contributed by atoms with E-state index in [0.29, 0.717) is 13.2 Å². The molecular formula is C16H38NO2PS2. The van der Waals surface area contributed by atoms with E-state index in [-0.39, 0.29) is 10.8 Å². The van der Waals surface area contributed by atoms with E-state index in [1.165, 1.54) is 19.6 Å². The molecule has 0 rings (SSSR count). The summed E-state index contributed by atoms with van der Waals surface area (Å²) in [7, 11) is 0. The number of hydrogen-bond acceptors (Lipinski definition) is 4. The third-order valence-corrected chi connectivity index (χ3v) is 4.97. The average Bonchev–Trinajstić information content (AvgIpc) is 2.36. The average molecular weight is 372 g/mol. The molecule has 3 nitrogen and oxygen atoms in total. The van der Waals surface area contributed by atoms with Crippen molar-refractivity contribution in [2.75, 3.05) is 32.8 Å². The maximum absolute atomic E-state index is 5.51. The molecule has 22 heavy (non-hydrogen) atoms. The maximum Gasteiger partial charge on any atom is 0.0742 e. The van der Waals surface area contributed by atoms with E-state index in [2.05, 4.69) is 62.3 Å². The fraction of sp³-hybridized carbons (Fsp3) is 1.00. The van der Waals surface area contributed by atoms with Crippen LogP contribution in [0.4, 0.5) is 0 Å². The van der Waals surface area contributed by atoms with Crippen molar-refractivity contribution in [1.82, 2.24) is 0 Å². The number of hydrogen-bond donors (Lipinski definition) is 1. The minimum absolute atomic E-state index is 0.0773. The number of quaternary nitrogens is 1. The molecular weight excluding hydrogens is 333 g/mol. The van der Waals surface area contributed by atoms with Gasteiger partial charge >= 0.3 is 0 Å². The van der Waals surface area contributed by atoms with Crippen LogP contribution in [0, 0.1) is 10.8 Å². The summed E-state index contributed by atoms with van der Waals surface area (Å²) < 4.78 is 11.0. The lowest BCUT2D eigenvalue weighted by Crippen LogP contribution is -3.11. The van der Waals surface area contributed by atoms with Crippen LogP contribution >= 0.6 is 5.69 Å². The van der Waals surface area contributed by atoms with Crippen molar-refractivity contribution in [3.63, 3.8) is 0 Å². The molecule has 0 unspecified atom stereocenters. The Bertz CT molecular complexity index is 294. The predicted molar refractivity (Wildman–Crippen MR) is 105 cm³/mol. The summed E-state index contributed by atoms with van der Waals surface area (Å²) in [5.41, 5.74) is -2.31. The van der Waals surface area contributed by atoms with E-state index in [1.54, 1.807) is 4.90 Å². The molecule has 0 aromatic carbocycles. The van der Waals surface area contributed by atoms with Crippen LogP contribution in [-0.2, 0) is 33.1 Å². The summed E-state index contributed by atoms with van der Waals surface area (Å²) in [6, 6.07) is 0. The molecule has 0 aromatic heterocycles. The quantitative estimate of drug-likeness (QED) is 0.543. The number of nitrogens with one attached hydrogen (secondary N) is 1. The van der Waals surface area contributed by atoms with Crippen LogP contribution in [0.5, 0.6) is 0 Å². The van der Waals surface area contributed by atoms with Gasteiger partial charge in [0.1, 0.15) is 0 Å². The van der Waals surface area contributed by atoms with Gasteiger partial charge in [0.25, 0.3) is 0 Å². The second kappa shape index (κ2) is 11.4. The molecule has 0 amide bonds. The zero-order valence-electron chi connectivity index (χ0n) is 16.1. The minimum Gasteiger partial charge on any atom is -0.691 e. The van der Waals surface area contributed by atoms with Gasteiger partial charge in [-0.05, 0) is 31.6 Å². The summed E-state index contributed by atoms with van der Waals surface area (Å²) in [5.74, 6) is 0. The third-order valence-electron chi connectivity index (χ3n) is 2.81. The highest BCUT2D eigenvalue weighted by molar-refractivity contribution is 8.51. The third kappa shape index (κ3) is 18.9. The molecule has 0 aliphatic heterocycles. The van der Waals surface area contributed by atoms with Crippen LogP contribution in [0.1, 0.15) is 62.3 Å². The van der Waals surface area contributed by atoms with Gasteiger partial charge in [-0.2, -0.15) is 0 Å². The van der Waals surface area contributed by atoms with E-state index in [1.807, 2.05) is 0 Å². The zero-order chi connectivity index (χ0) is 18.0. The Balaban J connectivity index is 0. The van der Waals surface area contributed by atoms with Crippen molar-refractivity contribution < 1.29 is 13.9 Å². The molecule has 0 fully saturated rings. The molecule has 0 aromatic rings. The first kappa shape index (κ1) is 25.1. The molecule has 0 aliphatic rings. The van der Waals surface area contributed by atoms with Gasteiger partial charge < -0.3 is 26.2 Å². The van der Waals surface area contributed by atoms with E-state index in [4.69, 9.17) is 33.1 Å². The summed E-state index contributed by atoms with van der Waals surface area (Å²) in [6.07, 6.45) is 0. The second-order valence-electron chi connectivity index (χ2n) is 7.93. The van der Waals surface area contributed by atoms with Crippen molar-refractivity contribution in [1.29, 1.82) is 0 Å². The van der Waals surface area contributed by atoms with Crippen LogP contribution in [0.25, 0.3) is 0 Å². The van der Waals surface area contributed by atoms with Gasteiger partial charge in [0.05, 0.1) is 38.5 Å². The lowest BCUT2D eigenvalue weighted by atomic mass is 9.99. The van der Waals surface area contributed by atoms with E-state index in [0.717, 1.165) is 0 Å². The van der Waals surface area contributed by atoms with Crippen molar-refractivity contribution >= 4 is 29.7 Å². The van der Waals surface area contributed by atoms with E-state index >= 15 is 0 Å². The van der Waals surface area contributed by atoms with Crippen LogP contribution in [0.2, 0.25) is 0 Å². The summed E-state index contributed by atoms with van der Waals surface area (Å²) in [4.78, 5) is 1.68. The Labute approximate surface area is 149 Å². The molecule has 0 bridgehead atoms. The fourth-order valence-electron chi connectivity index (χ4n) is 1.33. The molecule has 6 heteroatoms. The van der Waals surface area contributed by atoms with Gasteiger partial charge in [-0.15, -0.1) is 0 Å². The minimum atomic E-state index is -2.47. The Hall–Kier alpha value is 0.880. The van der Waals surface area contributed by atoms with Gasteiger partial charge in [-0.3, -0.25) is 0 Å². The first-order valence-corrected chi connectivity index (χ1v) is 11.8. The highest BCUT2D eigenvalue weighted by atomic mass is 32.9. The molecule has 0 heterocycles. The normalized spacial score (nSPS) is 13.0. The molecule has 1 N–H and O–H groups in total. The Morgan fingerprint density at radius 1 is 0.818 bits per heavy atom. The number of rotatable bonds is 7. The monoisotopic (exact) mass is 371 g/mol.